The Morgan fingerprint density at radius 2 is 1.85 bits per heavy atom. The molecule has 0 aliphatic carbocycles. The minimum atomic E-state index is -5.41. The number of rotatable bonds is 3. The Morgan fingerprint density at radius 3 is 2.44 bits per heavy atom. The molecule has 1 saturated heterocycles. The molecule has 0 bridgehead atoms. The Bertz CT molecular complexity index is 919. The van der Waals surface area contributed by atoms with Gasteiger partial charge in [0.05, 0.1) is 11.3 Å². The number of alkyl halides is 3. The molecular weight excluding hydrogens is 372 g/mol. The number of urea groups is 1. The van der Waals surface area contributed by atoms with Crippen LogP contribution in [0.2, 0.25) is 0 Å². The third kappa shape index (κ3) is 2.96. The molecule has 3 rings (SSSR count). The van der Waals surface area contributed by atoms with Gasteiger partial charge in [0.15, 0.2) is 0 Å². The lowest BCUT2D eigenvalue weighted by Gasteiger charge is -2.29. The first-order valence-electron chi connectivity index (χ1n) is 7.38. The number of nitrogens with zero attached hydrogens (tertiary/aromatic N) is 2. The topological polar surface area (TPSA) is 91.4 Å². The summed E-state index contributed by atoms with van der Waals surface area (Å²) in [5, 5.41) is 2.93. The molecule has 0 radical (unpaired) electrons. The number of carbonyl (C=O) groups excluding carboxylic acids is 3. The van der Waals surface area contributed by atoms with Gasteiger partial charge in [0.25, 0.3) is 17.5 Å². The van der Waals surface area contributed by atoms with E-state index in [9.17, 15) is 31.9 Å². The van der Waals surface area contributed by atoms with Crippen LogP contribution in [0.4, 0.5) is 28.0 Å². The Hall–Kier alpha value is -3.50. The quantitative estimate of drug-likeness (QED) is 0.627. The molecule has 0 spiro atoms. The molecule has 27 heavy (non-hydrogen) atoms. The molecule has 4 amide bonds. The fourth-order valence-electron chi connectivity index (χ4n) is 2.47. The highest BCUT2D eigenvalue weighted by atomic mass is 19.4. The number of pyridine rings is 1. The number of nitrogens with one attached hydrogen (secondary N) is 2. The van der Waals surface area contributed by atoms with Gasteiger partial charge in [0.1, 0.15) is 5.82 Å². The summed E-state index contributed by atoms with van der Waals surface area (Å²) in [6, 6.07) is 5.24. The summed E-state index contributed by atoms with van der Waals surface area (Å²) in [6.07, 6.45) is -3.13. The van der Waals surface area contributed by atoms with E-state index in [1.54, 1.807) is 0 Å². The maximum atomic E-state index is 13.9. The minimum absolute atomic E-state index is 0.00759. The van der Waals surface area contributed by atoms with Crippen molar-refractivity contribution in [3.05, 3.63) is 60.2 Å². The Morgan fingerprint density at radius 1 is 1.15 bits per heavy atom. The average molecular weight is 382 g/mol. The van der Waals surface area contributed by atoms with Gasteiger partial charge >= 0.3 is 12.2 Å². The highest BCUT2D eigenvalue weighted by molar-refractivity contribution is 6.24. The summed E-state index contributed by atoms with van der Waals surface area (Å²) in [6.45, 7) is 0. The smallest absolute Gasteiger partial charge is 0.314 e. The number of anilines is 1. The van der Waals surface area contributed by atoms with Crippen LogP contribution in [0, 0.1) is 5.82 Å². The lowest BCUT2D eigenvalue weighted by molar-refractivity contribution is -0.197. The number of para-hydroxylation sites is 1. The van der Waals surface area contributed by atoms with Crippen LogP contribution in [-0.2, 0) is 4.79 Å². The summed E-state index contributed by atoms with van der Waals surface area (Å²) in [5.41, 5.74) is -4.70. The predicted molar refractivity (Wildman–Crippen MR) is 82.9 cm³/mol. The first kappa shape index (κ1) is 18.3. The molecule has 1 atom stereocenters. The second-order valence-electron chi connectivity index (χ2n) is 5.47. The molecule has 140 valence electrons. The second kappa shape index (κ2) is 6.34. The van der Waals surface area contributed by atoms with Crippen molar-refractivity contribution in [2.75, 3.05) is 4.90 Å². The molecular formula is C16H10F4N4O3. The van der Waals surface area contributed by atoms with Crippen molar-refractivity contribution in [3.63, 3.8) is 0 Å². The third-order valence-corrected chi connectivity index (χ3v) is 3.76. The molecule has 2 heterocycles. The zero-order valence-electron chi connectivity index (χ0n) is 13.2. The van der Waals surface area contributed by atoms with E-state index in [1.165, 1.54) is 41.1 Å². The monoisotopic (exact) mass is 382 g/mol. The first-order valence-corrected chi connectivity index (χ1v) is 7.38. The van der Waals surface area contributed by atoms with E-state index in [1.807, 2.05) is 0 Å². The van der Waals surface area contributed by atoms with Gasteiger partial charge in [-0.25, -0.2) is 14.1 Å². The summed E-state index contributed by atoms with van der Waals surface area (Å²) < 4.78 is 55.1. The first-order chi connectivity index (χ1) is 12.7. The largest absolute Gasteiger partial charge is 0.440 e. The zero-order chi connectivity index (χ0) is 19.8. The molecule has 2 aromatic rings. The number of halogens is 4. The summed E-state index contributed by atoms with van der Waals surface area (Å²) >= 11 is 0. The van der Waals surface area contributed by atoms with Crippen LogP contribution < -0.4 is 15.5 Å². The van der Waals surface area contributed by atoms with Gasteiger partial charge in [-0.05, 0) is 24.3 Å². The van der Waals surface area contributed by atoms with Crippen LogP contribution in [0.3, 0.4) is 0 Å². The molecule has 1 aliphatic rings. The van der Waals surface area contributed by atoms with Gasteiger partial charge < -0.3 is 5.32 Å². The third-order valence-electron chi connectivity index (χ3n) is 3.76. The number of aromatic nitrogens is 1. The van der Waals surface area contributed by atoms with Gasteiger partial charge in [0.2, 0.25) is 0 Å². The van der Waals surface area contributed by atoms with Crippen molar-refractivity contribution >= 4 is 23.5 Å². The maximum absolute atomic E-state index is 13.9. The molecule has 2 N–H and O–H groups in total. The molecule has 1 unspecified atom stereocenters. The van der Waals surface area contributed by atoms with Gasteiger partial charge in [-0.15, -0.1) is 0 Å². The molecule has 1 fully saturated rings. The van der Waals surface area contributed by atoms with Crippen molar-refractivity contribution in [3.8, 4) is 0 Å². The van der Waals surface area contributed by atoms with Gasteiger partial charge in [-0.3, -0.25) is 19.9 Å². The van der Waals surface area contributed by atoms with E-state index in [0.29, 0.717) is 0 Å². The highest BCUT2D eigenvalue weighted by Crippen LogP contribution is 2.36. The molecule has 1 aliphatic heterocycles. The van der Waals surface area contributed by atoms with Crippen molar-refractivity contribution in [1.29, 1.82) is 0 Å². The van der Waals surface area contributed by atoms with Crippen LogP contribution in [-0.4, -0.2) is 34.7 Å². The summed E-state index contributed by atoms with van der Waals surface area (Å²) in [5.74, 6) is -4.27. The molecule has 7 nitrogen and oxygen atoms in total. The van der Waals surface area contributed by atoms with E-state index < -0.39 is 41.2 Å². The fraction of sp³-hybridized carbons (Fsp3) is 0.125. The van der Waals surface area contributed by atoms with Crippen LogP contribution in [0.5, 0.6) is 0 Å². The number of imide groups is 1. The van der Waals surface area contributed by atoms with Gasteiger partial charge in [-0.2, -0.15) is 13.2 Å². The molecule has 11 heteroatoms. The Labute approximate surface area is 149 Å². The number of carbonyl (C=O) groups is 3. The number of benzene rings is 1. The van der Waals surface area contributed by atoms with E-state index in [-0.39, 0.29) is 10.5 Å². The van der Waals surface area contributed by atoms with Crippen molar-refractivity contribution < 1.29 is 31.9 Å². The van der Waals surface area contributed by atoms with Crippen molar-refractivity contribution in [2.24, 2.45) is 0 Å². The van der Waals surface area contributed by atoms with Crippen LogP contribution in [0.15, 0.2) is 48.8 Å². The molecule has 1 aromatic heterocycles. The van der Waals surface area contributed by atoms with Gasteiger partial charge in [-0.1, -0.05) is 12.1 Å². The Balaban J connectivity index is 2.03. The normalized spacial score (nSPS) is 19.8. The lowest BCUT2D eigenvalue weighted by Crippen LogP contribution is -2.69. The minimum Gasteiger partial charge on any atom is -0.314 e. The predicted octanol–water partition coefficient (Wildman–Crippen LogP) is 1.97. The van der Waals surface area contributed by atoms with E-state index >= 15 is 0 Å². The molecule has 0 saturated carbocycles. The van der Waals surface area contributed by atoms with Crippen LogP contribution >= 0.6 is 0 Å². The molecule has 1 aromatic carbocycles. The zero-order valence-corrected chi connectivity index (χ0v) is 13.2. The Kier molecular flexibility index (Phi) is 4.30. The average Bonchev–Trinajstić information content (AvgIpc) is 2.87. The van der Waals surface area contributed by atoms with Crippen LogP contribution in [0.25, 0.3) is 0 Å². The summed E-state index contributed by atoms with van der Waals surface area (Å²) in [7, 11) is 0. The lowest BCUT2D eigenvalue weighted by atomic mass is 10.1. The van der Waals surface area contributed by atoms with Gasteiger partial charge in [0, 0.05) is 12.4 Å². The van der Waals surface area contributed by atoms with Crippen molar-refractivity contribution in [2.45, 2.75) is 11.8 Å². The SMILES string of the molecule is O=C(NC1(C(F)(F)F)NC(=O)N(c2ccccc2F)C1=O)c1cccnc1. The number of hydrogen-bond donors (Lipinski definition) is 2. The van der Waals surface area contributed by atoms with E-state index in [0.717, 1.165) is 18.3 Å². The second-order valence-corrected chi connectivity index (χ2v) is 5.47. The van der Waals surface area contributed by atoms with Crippen LogP contribution in [0.1, 0.15) is 10.4 Å². The number of amides is 4. The number of hydrogen-bond acceptors (Lipinski definition) is 4. The fourth-order valence-corrected chi connectivity index (χ4v) is 2.47. The highest BCUT2D eigenvalue weighted by Gasteiger charge is 2.69. The van der Waals surface area contributed by atoms with Crippen molar-refractivity contribution in [1.82, 2.24) is 15.6 Å². The van der Waals surface area contributed by atoms with E-state index in [2.05, 4.69) is 4.98 Å². The van der Waals surface area contributed by atoms with E-state index in [4.69, 9.17) is 0 Å². The maximum Gasteiger partial charge on any atom is 0.440 e. The standard InChI is InChI=1S/C16H10F4N4O3/c17-10-5-1-2-6-11(10)24-13(26)15(16(18,19)20,23-14(24)27)22-12(25)9-4-3-7-21-8-9/h1-8H,(H,22,25)(H,23,27). The summed E-state index contributed by atoms with van der Waals surface area (Å²) in [4.78, 5) is 40.4.